The standard InChI is InChI=1S/C13H12N2O2/c1-2-3-9-17-12(10-14)15-13(16)11-7-5-4-6-8-11/h4-8,12H,9H2,1H3,(H,15,16). The van der Waals surface area contributed by atoms with E-state index in [4.69, 9.17) is 10.00 Å². The lowest BCUT2D eigenvalue weighted by Crippen LogP contribution is -2.35. The maximum atomic E-state index is 11.7. The number of carbonyl (C=O) groups is 1. The van der Waals surface area contributed by atoms with Crippen molar-refractivity contribution in [2.75, 3.05) is 6.61 Å². The zero-order valence-electron chi connectivity index (χ0n) is 9.43. The van der Waals surface area contributed by atoms with Gasteiger partial charge in [0.2, 0.25) is 6.23 Å². The van der Waals surface area contributed by atoms with Gasteiger partial charge in [-0.05, 0) is 19.1 Å². The van der Waals surface area contributed by atoms with Crippen molar-refractivity contribution in [2.45, 2.75) is 13.2 Å². The van der Waals surface area contributed by atoms with Gasteiger partial charge in [-0.25, -0.2) is 0 Å². The van der Waals surface area contributed by atoms with Crippen LogP contribution in [0.4, 0.5) is 0 Å². The fourth-order valence-electron chi connectivity index (χ4n) is 1.10. The van der Waals surface area contributed by atoms with E-state index in [1.165, 1.54) is 0 Å². The van der Waals surface area contributed by atoms with Crippen molar-refractivity contribution in [3.05, 3.63) is 35.9 Å². The van der Waals surface area contributed by atoms with Crippen LogP contribution < -0.4 is 5.32 Å². The average molecular weight is 228 g/mol. The predicted molar refractivity (Wildman–Crippen MR) is 62.7 cm³/mol. The number of amides is 1. The van der Waals surface area contributed by atoms with E-state index in [-0.39, 0.29) is 12.5 Å². The molecule has 0 saturated carbocycles. The van der Waals surface area contributed by atoms with Crippen molar-refractivity contribution >= 4 is 5.91 Å². The van der Waals surface area contributed by atoms with Crippen LogP contribution in [0.3, 0.4) is 0 Å². The Kier molecular flexibility index (Phi) is 5.30. The second-order valence-electron chi connectivity index (χ2n) is 3.09. The number of benzene rings is 1. The highest BCUT2D eigenvalue weighted by Gasteiger charge is 2.12. The number of rotatable bonds is 4. The number of nitrogens with one attached hydrogen (secondary N) is 1. The summed E-state index contributed by atoms with van der Waals surface area (Å²) in [6, 6.07) is 10.5. The molecule has 1 aromatic rings. The van der Waals surface area contributed by atoms with Crippen molar-refractivity contribution in [1.29, 1.82) is 5.26 Å². The van der Waals surface area contributed by atoms with E-state index in [9.17, 15) is 4.79 Å². The molecule has 0 aromatic heterocycles. The van der Waals surface area contributed by atoms with Gasteiger partial charge in [0.25, 0.3) is 5.91 Å². The first-order chi connectivity index (χ1) is 8.27. The van der Waals surface area contributed by atoms with Gasteiger partial charge in [-0.2, -0.15) is 5.26 Å². The van der Waals surface area contributed by atoms with E-state index in [1.807, 2.05) is 12.1 Å². The minimum atomic E-state index is -0.983. The first-order valence-corrected chi connectivity index (χ1v) is 5.04. The average Bonchev–Trinajstić information content (AvgIpc) is 2.38. The lowest BCUT2D eigenvalue weighted by Gasteiger charge is -2.10. The van der Waals surface area contributed by atoms with Gasteiger partial charge in [0.15, 0.2) is 0 Å². The maximum Gasteiger partial charge on any atom is 0.254 e. The summed E-state index contributed by atoms with van der Waals surface area (Å²) in [4.78, 5) is 11.7. The van der Waals surface area contributed by atoms with Crippen LogP contribution in [0.2, 0.25) is 0 Å². The van der Waals surface area contributed by atoms with E-state index in [1.54, 1.807) is 31.2 Å². The third kappa shape index (κ3) is 4.38. The molecule has 1 aromatic carbocycles. The quantitative estimate of drug-likeness (QED) is 0.624. The molecule has 0 aliphatic carbocycles. The summed E-state index contributed by atoms with van der Waals surface area (Å²) in [7, 11) is 0. The lowest BCUT2D eigenvalue weighted by atomic mass is 10.2. The largest absolute Gasteiger partial charge is 0.332 e. The van der Waals surface area contributed by atoms with Crippen molar-refractivity contribution in [1.82, 2.24) is 5.32 Å². The van der Waals surface area contributed by atoms with E-state index >= 15 is 0 Å². The van der Waals surface area contributed by atoms with Crippen LogP contribution in [0.5, 0.6) is 0 Å². The molecule has 1 N–H and O–H groups in total. The number of hydrogen-bond acceptors (Lipinski definition) is 3. The first kappa shape index (κ1) is 12.8. The molecular weight excluding hydrogens is 216 g/mol. The molecule has 1 rings (SSSR count). The normalized spacial score (nSPS) is 10.6. The highest BCUT2D eigenvalue weighted by molar-refractivity contribution is 5.94. The van der Waals surface area contributed by atoms with Crippen LogP contribution in [-0.2, 0) is 4.74 Å². The topological polar surface area (TPSA) is 62.1 Å². The fourth-order valence-corrected chi connectivity index (χ4v) is 1.10. The Bertz CT molecular complexity index is 466. The second kappa shape index (κ2) is 7.05. The van der Waals surface area contributed by atoms with Crippen molar-refractivity contribution in [3.8, 4) is 17.9 Å². The SMILES string of the molecule is CC#CCOC(C#N)NC(=O)c1ccccc1. The molecule has 0 saturated heterocycles. The zero-order chi connectivity index (χ0) is 12.5. The molecule has 17 heavy (non-hydrogen) atoms. The Morgan fingerprint density at radius 1 is 1.47 bits per heavy atom. The van der Waals surface area contributed by atoms with Crippen molar-refractivity contribution < 1.29 is 9.53 Å². The molecule has 0 bridgehead atoms. The van der Waals surface area contributed by atoms with Gasteiger partial charge in [0.1, 0.15) is 12.7 Å². The highest BCUT2D eigenvalue weighted by Crippen LogP contribution is 1.99. The van der Waals surface area contributed by atoms with Gasteiger partial charge < -0.3 is 10.1 Å². The Hall–Kier alpha value is -2.30. The minimum absolute atomic E-state index is 0.115. The number of hydrogen-bond donors (Lipinski definition) is 1. The molecule has 86 valence electrons. The van der Waals surface area contributed by atoms with Gasteiger partial charge in [-0.15, -0.1) is 5.92 Å². The number of nitrogens with zero attached hydrogens (tertiary/aromatic N) is 1. The summed E-state index contributed by atoms with van der Waals surface area (Å²) in [5.74, 6) is 4.94. The maximum absolute atomic E-state index is 11.7. The molecule has 1 amide bonds. The molecular formula is C13H12N2O2. The highest BCUT2D eigenvalue weighted by atomic mass is 16.5. The third-order valence-electron chi connectivity index (χ3n) is 1.91. The summed E-state index contributed by atoms with van der Waals surface area (Å²) in [6.45, 7) is 1.79. The summed E-state index contributed by atoms with van der Waals surface area (Å²) >= 11 is 0. The molecule has 4 heteroatoms. The molecule has 0 radical (unpaired) electrons. The van der Waals surface area contributed by atoms with Crippen LogP contribution in [0.15, 0.2) is 30.3 Å². The van der Waals surface area contributed by atoms with Gasteiger partial charge in [0.05, 0.1) is 0 Å². The van der Waals surface area contributed by atoms with Crippen LogP contribution in [0, 0.1) is 23.2 Å². The molecule has 0 aliphatic rings. The van der Waals surface area contributed by atoms with Crippen LogP contribution >= 0.6 is 0 Å². The zero-order valence-corrected chi connectivity index (χ0v) is 9.43. The summed E-state index contributed by atoms with van der Waals surface area (Å²) in [5, 5.41) is 11.2. The van der Waals surface area contributed by atoms with Gasteiger partial charge in [-0.1, -0.05) is 24.1 Å². The Labute approximate surface area is 100 Å². The summed E-state index contributed by atoms with van der Waals surface area (Å²) < 4.78 is 5.06. The van der Waals surface area contributed by atoms with Gasteiger partial charge in [0, 0.05) is 5.56 Å². The molecule has 0 fully saturated rings. The Morgan fingerprint density at radius 2 is 2.18 bits per heavy atom. The monoisotopic (exact) mass is 228 g/mol. The van der Waals surface area contributed by atoms with Crippen molar-refractivity contribution in [3.63, 3.8) is 0 Å². The van der Waals surface area contributed by atoms with E-state index in [0.29, 0.717) is 5.56 Å². The number of carbonyl (C=O) groups excluding carboxylic acids is 1. The van der Waals surface area contributed by atoms with Crippen LogP contribution in [-0.4, -0.2) is 18.7 Å². The van der Waals surface area contributed by atoms with Crippen LogP contribution in [0.25, 0.3) is 0 Å². The molecule has 0 aliphatic heterocycles. The van der Waals surface area contributed by atoms with Gasteiger partial charge >= 0.3 is 0 Å². The fraction of sp³-hybridized carbons (Fsp3) is 0.231. The summed E-state index contributed by atoms with van der Waals surface area (Å²) in [6.07, 6.45) is -0.983. The first-order valence-electron chi connectivity index (χ1n) is 5.04. The third-order valence-corrected chi connectivity index (χ3v) is 1.91. The lowest BCUT2D eigenvalue weighted by molar-refractivity contribution is 0.0685. The molecule has 4 nitrogen and oxygen atoms in total. The minimum Gasteiger partial charge on any atom is -0.332 e. The molecule has 1 unspecified atom stereocenters. The van der Waals surface area contributed by atoms with E-state index in [0.717, 1.165) is 0 Å². The van der Waals surface area contributed by atoms with Crippen LogP contribution in [0.1, 0.15) is 17.3 Å². The second-order valence-corrected chi connectivity index (χ2v) is 3.09. The molecule has 1 atom stereocenters. The molecule has 0 heterocycles. The molecule has 0 spiro atoms. The number of ether oxygens (including phenoxy) is 1. The van der Waals surface area contributed by atoms with E-state index in [2.05, 4.69) is 17.2 Å². The van der Waals surface area contributed by atoms with Crippen molar-refractivity contribution in [2.24, 2.45) is 0 Å². The van der Waals surface area contributed by atoms with Gasteiger partial charge in [-0.3, -0.25) is 4.79 Å². The summed E-state index contributed by atoms with van der Waals surface area (Å²) in [5.41, 5.74) is 0.484. The predicted octanol–water partition coefficient (Wildman–Crippen LogP) is 1.31. The smallest absolute Gasteiger partial charge is 0.254 e. The Balaban J connectivity index is 2.54. The number of nitriles is 1. The van der Waals surface area contributed by atoms with E-state index < -0.39 is 6.23 Å². The Morgan fingerprint density at radius 3 is 2.76 bits per heavy atom.